The zero-order chi connectivity index (χ0) is 26.3. The van der Waals surface area contributed by atoms with E-state index in [2.05, 4.69) is 5.10 Å². The van der Waals surface area contributed by atoms with Gasteiger partial charge in [-0.1, -0.05) is 12.1 Å². The van der Waals surface area contributed by atoms with Crippen molar-refractivity contribution in [1.82, 2.24) is 24.5 Å². The molecule has 3 fully saturated rings. The number of piperidine rings is 1. The summed E-state index contributed by atoms with van der Waals surface area (Å²) < 4.78 is 22.5. The molecule has 194 valence electrons. The van der Waals surface area contributed by atoms with Gasteiger partial charge in [-0.15, -0.1) is 0 Å². The van der Waals surface area contributed by atoms with Gasteiger partial charge < -0.3 is 21.1 Å². The van der Waals surface area contributed by atoms with Gasteiger partial charge in [0, 0.05) is 30.3 Å². The van der Waals surface area contributed by atoms with Gasteiger partial charge in [0.05, 0.1) is 18.8 Å². The minimum atomic E-state index is -0.655. The predicted octanol–water partition coefficient (Wildman–Crippen LogP) is 3.04. The van der Waals surface area contributed by atoms with Crippen LogP contribution in [-0.4, -0.2) is 55.2 Å². The van der Waals surface area contributed by atoms with Gasteiger partial charge in [0.15, 0.2) is 0 Å². The quantitative estimate of drug-likeness (QED) is 0.545. The predicted molar refractivity (Wildman–Crippen MR) is 133 cm³/mol. The lowest BCUT2D eigenvalue weighted by Crippen LogP contribution is -2.42. The molecule has 1 aromatic carbocycles. The Morgan fingerprint density at radius 3 is 2.76 bits per heavy atom. The van der Waals surface area contributed by atoms with Crippen molar-refractivity contribution in [2.45, 2.75) is 45.4 Å². The molecule has 3 aliphatic rings. The van der Waals surface area contributed by atoms with Crippen molar-refractivity contribution in [2.75, 3.05) is 18.8 Å². The highest BCUT2D eigenvalue weighted by Crippen LogP contribution is 2.79. The Labute approximate surface area is 213 Å². The summed E-state index contributed by atoms with van der Waals surface area (Å²) in [5, 5.41) is 9.09. The molecule has 3 aromatic rings. The number of hydrogen-bond acceptors (Lipinski definition) is 6. The van der Waals surface area contributed by atoms with Crippen LogP contribution in [0.25, 0.3) is 11.3 Å². The van der Waals surface area contributed by atoms with E-state index in [1.165, 1.54) is 12.1 Å². The number of carbonyl (C=O) groups is 2. The number of halogens is 1. The molecule has 1 spiro atoms. The first-order valence-electron chi connectivity index (χ1n) is 12.4. The summed E-state index contributed by atoms with van der Waals surface area (Å²) in [4.78, 5) is 26.7. The van der Waals surface area contributed by atoms with E-state index in [1.807, 2.05) is 26.8 Å². The molecule has 37 heavy (non-hydrogen) atoms. The average molecular weight is 508 g/mol. The third kappa shape index (κ3) is 3.75. The average Bonchev–Trinajstić information content (AvgIpc) is 3.27. The number of nitrogen functional groups attached to an aromatic ring is 1. The van der Waals surface area contributed by atoms with Crippen molar-refractivity contribution >= 4 is 17.8 Å². The molecule has 10 nitrogen and oxygen atoms in total. The molecule has 3 heterocycles. The lowest BCUT2D eigenvalue weighted by atomic mass is 9.80. The zero-order valence-electron chi connectivity index (χ0n) is 21.0. The highest BCUT2D eigenvalue weighted by Gasteiger charge is 2.79. The van der Waals surface area contributed by atoms with Gasteiger partial charge >= 0.3 is 6.09 Å². The van der Waals surface area contributed by atoms with Crippen molar-refractivity contribution in [1.29, 1.82) is 0 Å². The molecule has 1 aliphatic heterocycles. The highest BCUT2D eigenvalue weighted by atomic mass is 19.1. The zero-order valence-corrected chi connectivity index (χ0v) is 21.0. The van der Waals surface area contributed by atoms with Crippen molar-refractivity contribution in [3.63, 3.8) is 0 Å². The summed E-state index contributed by atoms with van der Waals surface area (Å²) in [6.07, 6.45) is 3.90. The summed E-state index contributed by atoms with van der Waals surface area (Å²) in [7, 11) is 0. The fourth-order valence-electron chi connectivity index (χ4n) is 6.39. The maximum atomic E-state index is 13.6. The first kappa shape index (κ1) is 23.5. The fraction of sp³-hybridized carbons (Fsp3) is 0.462. The standard InChI is InChI=1S/C26H30FN7O3/c1-25(2,3)37-24(36)32-12-17-20-18(8-26(17,20)13-32)34-22(28)19(23(29)35)21(31-34)15-9-30-33(11-15)10-14-5-4-6-16(27)7-14/h4-7,9,11,17-18,20H,8,10,12-13,28H2,1-3H3,(H2,29,35)/t17?,18-,20-,26+/m1/s1. The van der Waals surface area contributed by atoms with Crippen LogP contribution in [0.1, 0.15) is 49.2 Å². The largest absolute Gasteiger partial charge is 0.444 e. The lowest BCUT2D eigenvalue weighted by Gasteiger charge is -2.37. The number of aromatic nitrogens is 4. The SMILES string of the molecule is CC(C)(C)OC(=O)N1CC2[C@@H]3[C@H](n4nc(-c5cnn(Cc6cccc(F)c6)c5)c(C(N)=O)c4N)C[C@]23C1. The van der Waals surface area contributed by atoms with E-state index in [0.29, 0.717) is 42.7 Å². The topological polar surface area (TPSA) is 134 Å². The van der Waals surface area contributed by atoms with Gasteiger partial charge in [0.1, 0.15) is 28.5 Å². The normalized spacial score (nSPS) is 25.8. The molecule has 4 N–H and O–H groups in total. The van der Waals surface area contributed by atoms with E-state index in [4.69, 9.17) is 21.3 Å². The number of rotatable bonds is 5. The first-order chi connectivity index (χ1) is 17.5. The molecular weight excluding hydrogens is 477 g/mol. The first-order valence-corrected chi connectivity index (χ1v) is 12.4. The monoisotopic (exact) mass is 507 g/mol. The minimum absolute atomic E-state index is 0.0416. The number of benzene rings is 1. The molecule has 2 amide bonds. The molecule has 4 atom stereocenters. The van der Waals surface area contributed by atoms with Crippen LogP contribution >= 0.6 is 0 Å². The van der Waals surface area contributed by atoms with E-state index in [9.17, 15) is 14.0 Å². The molecule has 2 aromatic heterocycles. The Bertz CT molecular complexity index is 1420. The Morgan fingerprint density at radius 1 is 1.30 bits per heavy atom. The summed E-state index contributed by atoms with van der Waals surface area (Å²) in [5.41, 5.74) is 13.6. The highest BCUT2D eigenvalue weighted by molar-refractivity contribution is 6.03. The minimum Gasteiger partial charge on any atom is -0.444 e. The maximum Gasteiger partial charge on any atom is 0.410 e. The number of amides is 2. The number of anilines is 1. The summed E-state index contributed by atoms with van der Waals surface area (Å²) in [6.45, 7) is 7.27. The van der Waals surface area contributed by atoms with Gasteiger partial charge in [0.2, 0.25) is 0 Å². The molecule has 1 saturated heterocycles. The summed E-state index contributed by atoms with van der Waals surface area (Å²) in [5.74, 6) is -0.0162. The van der Waals surface area contributed by atoms with Crippen molar-refractivity contribution in [3.8, 4) is 11.3 Å². The number of nitrogens with two attached hydrogens (primary N) is 2. The second kappa shape index (κ2) is 7.80. The van der Waals surface area contributed by atoms with E-state index in [1.54, 1.807) is 32.7 Å². The van der Waals surface area contributed by atoms with Gasteiger partial charge in [-0.25, -0.2) is 13.9 Å². The molecule has 0 bridgehead atoms. The smallest absolute Gasteiger partial charge is 0.410 e. The Balaban J connectivity index is 1.21. The van der Waals surface area contributed by atoms with Crippen LogP contribution in [0, 0.1) is 23.1 Å². The molecule has 0 radical (unpaired) electrons. The van der Waals surface area contributed by atoms with E-state index in [0.717, 1.165) is 12.0 Å². The molecule has 6 rings (SSSR count). The van der Waals surface area contributed by atoms with Crippen molar-refractivity contribution in [2.24, 2.45) is 23.0 Å². The van der Waals surface area contributed by atoms with Crippen LogP contribution in [-0.2, 0) is 11.3 Å². The van der Waals surface area contributed by atoms with Crippen LogP contribution < -0.4 is 11.5 Å². The van der Waals surface area contributed by atoms with E-state index in [-0.39, 0.29) is 34.7 Å². The fourth-order valence-corrected chi connectivity index (χ4v) is 6.39. The summed E-state index contributed by atoms with van der Waals surface area (Å²) in [6, 6.07) is 6.34. The number of carbonyl (C=O) groups excluding carboxylic acids is 2. The van der Waals surface area contributed by atoms with E-state index >= 15 is 0 Å². The maximum absolute atomic E-state index is 13.6. The number of likely N-dealkylation sites (tertiary alicyclic amines) is 1. The van der Waals surface area contributed by atoms with Crippen molar-refractivity contribution in [3.05, 3.63) is 53.6 Å². The number of ether oxygens (including phenoxy) is 1. The van der Waals surface area contributed by atoms with Crippen LogP contribution in [0.3, 0.4) is 0 Å². The van der Waals surface area contributed by atoms with Crippen molar-refractivity contribution < 1.29 is 18.7 Å². The van der Waals surface area contributed by atoms with Crippen LogP contribution in [0.5, 0.6) is 0 Å². The molecule has 2 saturated carbocycles. The van der Waals surface area contributed by atoms with Gasteiger partial charge in [-0.3, -0.25) is 9.48 Å². The third-order valence-corrected chi connectivity index (χ3v) is 7.93. The Hall–Kier alpha value is -3.89. The van der Waals surface area contributed by atoms with Gasteiger partial charge in [-0.2, -0.15) is 10.2 Å². The molecule has 2 aliphatic carbocycles. The number of primary amides is 1. The third-order valence-electron chi connectivity index (χ3n) is 7.93. The van der Waals surface area contributed by atoms with Crippen LogP contribution in [0.2, 0.25) is 0 Å². The van der Waals surface area contributed by atoms with E-state index < -0.39 is 11.5 Å². The van der Waals surface area contributed by atoms with Gasteiger partial charge in [0.25, 0.3) is 5.91 Å². The van der Waals surface area contributed by atoms with Crippen LogP contribution in [0.4, 0.5) is 15.0 Å². The summed E-state index contributed by atoms with van der Waals surface area (Å²) >= 11 is 0. The number of hydrogen-bond donors (Lipinski definition) is 2. The molecule has 11 heteroatoms. The van der Waals surface area contributed by atoms with Crippen LogP contribution in [0.15, 0.2) is 36.7 Å². The second-order valence-electron chi connectivity index (χ2n) is 11.5. The Morgan fingerprint density at radius 2 is 2.08 bits per heavy atom. The molecule has 1 unspecified atom stereocenters. The van der Waals surface area contributed by atoms with Gasteiger partial charge in [-0.05, 0) is 56.7 Å². The second-order valence-corrected chi connectivity index (χ2v) is 11.5. The lowest BCUT2D eigenvalue weighted by molar-refractivity contribution is 0.0190. The Kier molecular flexibility index (Phi) is 4.96. The number of fused-ring (bicyclic) bond motifs is 1. The number of nitrogens with zero attached hydrogens (tertiary/aromatic N) is 5. The molecular formula is C26H30FN7O3.